The first-order valence-electron chi connectivity index (χ1n) is 7.10. The van der Waals surface area contributed by atoms with E-state index in [4.69, 9.17) is 29.5 Å². The van der Waals surface area contributed by atoms with E-state index in [2.05, 4.69) is 5.14 Å². The van der Waals surface area contributed by atoms with Gasteiger partial charge in [0.15, 0.2) is 10.3 Å². The zero-order chi connectivity index (χ0) is 18.7. The van der Waals surface area contributed by atoms with Crippen molar-refractivity contribution >= 4 is 45.3 Å². The second kappa shape index (κ2) is 22.5. The van der Waals surface area contributed by atoms with E-state index in [9.17, 15) is 14.7 Å². The van der Waals surface area contributed by atoms with Crippen molar-refractivity contribution in [3.63, 3.8) is 0 Å². The molecule has 0 bridgehead atoms. The van der Waals surface area contributed by atoms with Gasteiger partial charge < -0.3 is 31.0 Å². The molecule has 0 aliphatic carbocycles. The number of hydrogen-bond donors (Lipinski definition) is 4. The van der Waals surface area contributed by atoms with Crippen molar-refractivity contribution in [2.45, 2.75) is 51.4 Å². The fraction of sp³-hybridized carbons (Fsp3) is 0.833. The Labute approximate surface area is 159 Å². The SMILES string of the molecule is NCCCCCC(=O)O.NCCCCCC(=O)[O-].NS(=O)(=O)[O-].[Mg+2]. The number of nitrogens with two attached hydrogens (primary N) is 3. The van der Waals surface area contributed by atoms with Gasteiger partial charge >= 0.3 is 29.0 Å². The first-order chi connectivity index (χ1) is 10.5. The molecule has 0 aliphatic heterocycles. The van der Waals surface area contributed by atoms with E-state index in [1.165, 1.54) is 0 Å². The maximum Gasteiger partial charge on any atom is 2.00 e. The van der Waals surface area contributed by atoms with Crippen molar-refractivity contribution in [1.82, 2.24) is 0 Å². The van der Waals surface area contributed by atoms with Gasteiger partial charge in [0.25, 0.3) is 0 Å². The summed E-state index contributed by atoms with van der Waals surface area (Å²) in [6.07, 6.45) is 5.57. The molecule has 0 aliphatic rings. The second-order valence-electron chi connectivity index (χ2n) is 4.46. The van der Waals surface area contributed by atoms with Crippen LogP contribution in [0.4, 0.5) is 0 Å². The molecular weight excluding hydrogens is 355 g/mol. The molecule has 10 nitrogen and oxygen atoms in total. The van der Waals surface area contributed by atoms with Crippen molar-refractivity contribution < 1.29 is 32.8 Å². The van der Waals surface area contributed by atoms with Crippen molar-refractivity contribution in [2.75, 3.05) is 13.1 Å². The zero-order valence-electron chi connectivity index (χ0n) is 13.8. The number of carboxylic acid groups (broad SMARTS) is 2. The first-order valence-corrected chi connectivity index (χ1v) is 8.57. The first kappa shape index (κ1) is 31.3. The molecule has 0 amide bonds. The van der Waals surface area contributed by atoms with E-state index < -0.39 is 22.2 Å². The summed E-state index contributed by atoms with van der Waals surface area (Å²) in [5.74, 6) is -1.68. The van der Waals surface area contributed by atoms with Gasteiger partial charge in [-0.3, -0.25) is 4.79 Å². The summed E-state index contributed by atoms with van der Waals surface area (Å²) in [6, 6.07) is 0. The summed E-state index contributed by atoms with van der Waals surface area (Å²) >= 11 is 0. The standard InChI is InChI=1S/2C6H13NO2.Mg.H3NO3S/c2*7-5-3-1-2-4-6(8)9;;1-5(2,3)4/h2*1-5,7H2,(H,8,9);;(H3,1,2,3,4)/q;;+2;/p-2. The molecular formula is C12H27MgN3O7S. The summed E-state index contributed by atoms with van der Waals surface area (Å²) in [5.41, 5.74) is 10.4. The summed E-state index contributed by atoms with van der Waals surface area (Å²) < 4.78 is 26.6. The van der Waals surface area contributed by atoms with Gasteiger partial charge in [-0.1, -0.05) is 12.8 Å². The monoisotopic (exact) mass is 381 g/mol. The zero-order valence-corrected chi connectivity index (χ0v) is 16.0. The molecule has 0 radical (unpaired) electrons. The van der Waals surface area contributed by atoms with E-state index in [0.29, 0.717) is 19.5 Å². The molecule has 12 heteroatoms. The molecule has 0 atom stereocenters. The van der Waals surface area contributed by atoms with Gasteiger partial charge in [-0.05, 0) is 45.2 Å². The minimum absolute atomic E-state index is 0. The van der Waals surface area contributed by atoms with Crippen LogP contribution in [-0.2, 0) is 19.9 Å². The van der Waals surface area contributed by atoms with E-state index in [1.807, 2.05) is 0 Å². The molecule has 0 aromatic carbocycles. The Balaban J connectivity index is -0.000000128. The van der Waals surface area contributed by atoms with Gasteiger partial charge in [0.05, 0.1) is 0 Å². The third kappa shape index (κ3) is 68.3. The Morgan fingerprint density at radius 3 is 1.46 bits per heavy atom. The van der Waals surface area contributed by atoms with Gasteiger partial charge in [0.2, 0.25) is 0 Å². The Morgan fingerprint density at radius 2 is 1.21 bits per heavy atom. The van der Waals surface area contributed by atoms with E-state index >= 15 is 0 Å². The Bertz CT molecular complexity index is 364. The number of aliphatic carboxylic acids is 2. The predicted octanol–water partition coefficient (Wildman–Crippen LogP) is -2.13. The largest absolute Gasteiger partial charge is 2.00 e. The number of rotatable bonds is 10. The average Bonchev–Trinajstić information content (AvgIpc) is 2.38. The third-order valence-electron chi connectivity index (χ3n) is 2.18. The van der Waals surface area contributed by atoms with Crippen LogP contribution >= 0.6 is 0 Å². The van der Waals surface area contributed by atoms with E-state index in [-0.39, 0.29) is 35.9 Å². The molecule has 7 N–H and O–H groups in total. The number of hydrogen-bond acceptors (Lipinski definition) is 8. The van der Waals surface area contributed by atoms with Crippen LogP contribution in [0.3, 0.4) is 0 Å². The maximum absolute atomic E-state index is 9.93. The van der Waals surface area contributed by atoms with Crippen molar-refractivity contribution in [3.05, 3.63) is 0 Å². The number of carboxylic acids is 2. The fourth-order valence-corrected chi connectivity index (χ4v) is 1.19. The van der Waals surface area contributed by atoms with Crippen LogP contribution in [0.15, 0.2) is 0 Å². The molecule has 0 saturated carbocycles. The number of carbonyl (C=O) groups is 2. The van der Waals surface area contributed by atoms with Gasteiger partial charge in [-0.2, -0.15) is 0 Å². The quantitative estimate of drug-likeness (QED) is 0.184. The van der Waals surface area contributed by atoms with E-state index in [1.54, 1.807) is 0 Å². The van der Waals surface area contributed by atoms with Crippen molar-refractivity contribution in [1.29, 1.82) is 0 Å². The molecule has 0 fully saturated rings. The normalized spacial score (nSPS) is 9.50. The summed E-state index contributed by atoms with van der Waals surface area (Å²) in [7, 11) is -4.42. The number of unbranched alkanes of at least 4 members (excludes halogenated alkanes) is 4. The second-order valence-corrected chi connectivity index (χ2v) is 5.44. The minimum atomic E-state index is -4.42. The summed E-state index contributed by atoms with van der Waals surface area (Å²) in [4.78, 5) is 19.8. The maximum atomic E-state index is 9.93. The number of carbonyl (C=O) groups excluding carboxylic acids is 1. The van der Waals surface area contributed by atoms with Gasteiger partial charge in [0, 0.05) is 12.4 Å². The van der Waals surface area contributed by atoms with Crippen LogP contribution in [-0.4, -0.2) is 66.2 Å². The Hall–Kier alpha value is -0.504. The molecule has 0 saturated heterocycles. The van der Waals surface area contributed by atoms with Crippen LogP contribution in [0.1, 0.15) is 51.4 Å². The van der Waals surface area contributed by atoms with Gasteiger partial charge in [-0.25, -0.2) is 13.6 Å². The summed E-state index contributed by atoms with van der Waals surface area (Å²) in [6.45, 7) is 1.31. The van der Waals surface area contributed by atoms with Crippen LogP contribution in [0.2, 0.25) is 0 Å². The minimum Gasteiger partial charge on any atom is -0.736 e. The van der Waals surface area contributed by atoms with Crippen molar-refractivity contribution in [2.24, 2.45) is 16.6 Å². The van der Waals surface area contributed by atoms with Crippen LogP contribution in [0, 0.1) is 0 Å². The van der Waals surface area contributed by atoms with E-state index in [0.717, 1.165) is 32.1 Å². The molecule has 0 rings (SSSR count). The Morgan fingerprint density at radius 1 is 0.875 bits per heavy atom. The molecule has 0 aromatic rings. The molecule has 0 spiro atoms. The molecule has 140 valence electrons. The van der Waals surface area contributed by atoms with Gasteiger partial charge in [0.1, 0.15) is 0 Å². The molecule has 0 heterocycles. The Kier molecular flexibility index (Phi) is 29.3. The predicted molar refractivity (Wildman–Crippen MR) is 87.3 cm³/mol. The van der Waals surface area contributed by atoms with Crippen molar-refractivity contribution in [3.8, 4) is 0 Å². The topological polar surface area (TPSA) is 213 Å². The van der Waals surface area contributed by atoms with Gasteiger partial charge in [-0.15, -0.1) is 0 Å². The molecule has 0 aromatic heterocycles. The molecule has 24 heavy (non-hydrogen) atoms. The summed E-state index contributed by atoms with van der Waals surface area (Å²) in [5, 5.41) is 21.8. The average molecular weight is 382 g/mol. The van der Waals surface area contributed by atoms with Crippen LogP contribution in [0.25, 0.3) is 0 Å². The molecule has 0 unspecified atom stereocenters. The van der Waals surface area contributed by atoms with Crippen LogP contribution in [0.5, 0.6) is 0 Å². The third-order valence-corrected chi connectivity index (χ3v) is 2.18. The smallest absolute Gasteiger partial charge is 0.736 e. The fourth-order valence-electron chi connectivity index (χ4n) is 1.19. The van der Waals surface area contributed by atoms with Crippen LogP contribution < -0.4 is 21.7 Å².